The third-order valence-corrected chi connectivity index (χ3v) is 7.79. The molecule has 10 heteroatoms. The quantitative estimate of drug-likeness (QED) is 0.383. The van der Waals surface area contributed by atoms with Crippen LogP contribution in [-0.4, -0.2) is 48.2 Å². The van der Waals surface area contributed by atoms with Gasteiger partial charge < -0.3 is 29.4 Å². The van der Waals surface area contributed by atoms with Crippen molar-refractivity contribution in [2.75, 3.05) is 30.7 Å². The van der Waals surface area contributed by atoms with Crippen LogP contribution in [-0.2, 0) is 16.8 Å². The monoisotopic (exact) mass is 524 g/mol. The molecule has 39 heavy (non-hydrogen) atoms. The second-order valence-corrected chi connectivity index (χ2v) is 9.86. The Morgan fingerprint density at radius 2 is 1.82 bits per heavy atom. The molecule has 196 valence electrons. The van der Waals surface area contributed by atoms with Crippen molar-refractivity contribution in [1.29, 1.82) is 0 Å². The maximum absolute atomic E-state index is 13.9. The molecule has 0 spiro atoms. The largest absolute Gasteiger partial charge is 0.497 e. The number of amides is 4. The number of fused-ring (bicyclic) bond motifs is 6. The molecule has 2 N–H and O–H groups in total. The molecule has 4 heterocycles. The highest BCUT2D eigenvalue weighted by Crippen LogP contribution is 2.45. The van der Waals surface area contributed by atoms with E-state index in [1.165, 1.54) is 4.90 Å². The van der Waals surface area contributed by atoms with Crippen LogP contribution < -0.4 is 24.4 Å². The summed E-state index contributed by atoms with van der Waals surface area (Å²) < 4.78 is 16.1. The smallest absolute Gasteiger partial charge is 0.332 e. The van der Waals surface area contributed by atoms with Gasteiger partial charge in [-0.05, 0) is 73.5 Å². The van der Waals surface area contributed by atoms with E-state index in [1.54, 1.807) is 61.4 Å². The number of hydrogen-bond donors (Lipinski definition) is 2. The van der Waals surface area contributed by atoms with Crippen molar-refractivity contribution in [1.82, 2.24) is 9.88 Å². The zero-order valence-electron chi connectivity index (χ0n) is 21.2. The maximum atomic E-state index is 13.9. The number of benzene rings is 3. The minimum absolute atomic E-state index is 0.148. The first kappa shape index (κ1) is 23.2. The molecule has 3 aliphatic heterocycles. The summed E-state index contributed by atoms with van der Waals surface area (Å²) in [5.74, 6) is 1.25. The van der Waals surface area contributed by atoms with E-state index in [-0.39, 0.29) is 24.6 Å². The van der Waals surface area contributed by atoms with Crippen molar-refractivity contribution < 1.29 is 28.6 Å². The van der Waals surface area contributed by atoms with Crippen LogP contribution in [0.5, 0.6) is 17.2 Å². The molecular weight excluding hydrogens is 500 g/mol. The van der Waals surface area contributed by atoms with Gasteiger partial charge in [-0.25, -0.2) is 9.69 Å². The van der Waals surface area contributed by atoms with Gasteiger partial charge in [0.05, 0.1) is 18.5 Å². The minimum atomic E-state index is -1.17. The molecule has 0 unspecified atom stereocenters. The molecule has 3 aromatic carbocycles. The zero-order chi connectivity index (χ0) is 26.9. The molecular formula is C29H24N4O6. The number of carbonyl (C=O) groups is 3. The van der Waals surface area contributed by atoms with Gasteiger partial charge in [0.1, 0.15) is 5.75 Å². The number of nitrogens with one attached hydrogen (secondary N) is 2. The zero-order valence-corrected chi connectivity index (χ0v) is 21.2. The number of imide groups is 1. The molecule has 0 radical (unpaired) electrons. The normalized spacial score (nSPS) is 19.3. The van der Waals surface area contributed by atoms with Crippen molar-refractivity contribution in [2.24, 2.45) is 0 Å². The van der Waals surface area contributed by atoms with Crippen molar-refractivity contribution >= 4 is 40.1 Å². The lowest BCUT2D eigenvalue weighted by molar-refractivity contribution is -0.125. The first-order valence-electron chi connectivity index (χ1n) is 12.5. The third kappa shape index (κ3) is 3.30. The molecule has 1 atom stereocenters. The maximum Gasteiger partial charge on any atom is 0.332 e. The van der Waals surface area contributed by atoms with Crippen molar-refractivity contribution in [3.05, 3.63) is 77.5 Å². The topological polar surface area (TPSA) is 113 Å². The highest BCUT2D eigenvalue weighted by Gasteiger charge is 2.59. The Bertz CT molecular complexity index is 1690. The number of carbonyl (C=O) groups excluding carboxylic acids is 3. The number of aromatic nitrogens is 1. The minimum Gasteiger partial charge on any atom is -0.497 e. The van der Waals surface area contributed by atoms with Gasteiger partial charge in [-0.3, -0.25) is 9.59 Å². The van der Waals surface area contributed by atoms with E-state index >= 15 is 0 Å². The predicted octanol–water partition coefficient (Wildman–Crippen LogP) is 4.40. The van der Waals surface area contributed by atoms with Crippen LogP contribution in [0, 0.1) is 0 Å². The fraction of sp³-hybridized carbons (Fsp3) is 0.207. The van der Waals surface area contributed by atoms with E-state index in [4.69, 9.17) is 14.2 Å². The third-order valence-electron chi connectivity index (χ3n) is 7.79. The second kappa shape index (κ2) is 8.26. The molecule has 10 nitrogen and oxygen atoms in total. The number of H-pyrrole nitrogens is 1. The molecule has 1 fully saturated rings. The molecule has 1 saturated heterocycles. The Balaban J connectivity index is 1.17. The number of methoxy groups -OCH3 is 1. The molecule has 0 bridgehead atoms. The van der Waals surface area contributed by atoms with Crippen molar-refractivity contribution in [2.45, 2.75) is 18.9 Å². The van der Waals surface area contributed by atoms with E-state index in [9.17, 15) is 14.4 Å². The molecule has 3 aliphatic rings. The Hall–Kier alpha value is -4.99. The van der Waals surface area contributed by atoms with E-state index in [1.807, 2.05) is 18.2 Å². The molecule has 4 amide bonds. The molecule has 0 saturated carbocycles. The molecule has 7 rings (SSSR count). The first-order valence-corrected chi connectivity index (χ1v) is 12.5. The summed E-state index contributed by atoms with van der Waals surface area (Å²) in [7, 11) is 1.62. The SMILES string of the molecule is COc1ccc2[nH]c3c(c2c1)CCN1C(=O)N(c2ccc(C(=O)Nc4ccc5c(c4)OCO5)cc2)C(=O)[C@]31C. The number of aromatic amines is 1. The van der Waals surface area contributed by atoms with Gasteiger partial charge in [-0.1, -0.05) is 0 Å². The molecule has 4 aromatic rings. The number of hydrogen-bond acceptors (Lipinski definition) is 6. The summed E-state index contributed by atoms with van der Waals surface area (Å²) in [6, 6.07) is 16.9. The van der Waals surface area contributed by atoms with Crippen LogP contribution in [0.25, 0.3) is 10.9 Å². The number of ether oxygens (including phenoxy) is 3. The van der Waals surface area contributed by atoms with E-state index in [0.29, 0.717) is 41.4 Å². The van der Waals surface area contributed by atoms with Gasteiger partial charge in [-0.15, -0.1) is 0 Å². The van der Waals surface area contributed by atoms with Gasteiger partial charge >= 0.3 is 6.03 Å². The lowest BCUT2D eigenvalue weighted by atomic mass is 9.87. The summed E-state index contributed by atoms with van der Waals surface area (Å²) in [5.41, 5.74) is 2.80. The van der Waals surface area contributed by atoms with Gasteiger partial charge in [0.15, 0.2) is 17.0 Å². The van der Waals surface area contributed by atoms with Crippen LogP contribution >= 0.6 is 0 Å². The highest BCUT2D eigenvalue weighted by molar-refractivity contribution is 6.23. The standard InChI is InChI=1S/C29H24N4O6/c1-29-25-20(21-14-19(37-2)8-9-22(21)31-25)11-12-32(29)28(36)33(27(29)35)18-6-3-16(4-7-18)26(34)30-17-5-10-23-24(13-17)39-15-38-23/h3-10,13-14,31H,11-12,15H2,1-2H3,(H,30,34)/t29-/m0/s1. The van der Waals surface area contributed by atoms with Crippen LogP contribution in [0.3, 0.4) is 0 Å². The number of anilines is 2. The lowest BCUT2D eigenvalue weighted by Gasteiger charge is -2.35. The number of rotatable bonds is 4. The fourth-order valence-corrected chi connectivity index (χ4v) is 5.71. The average molecular weight is 525 g/mol. The Morgan fingerprint density at radius 3 is 2.62 bits per heavy atom. The summed E-state index contributed by atoms with van der Waals surface area (Å²) in [6.07, 6.45) is 0.615. The van der Waals surface area contributed by atoms with Crippen molar-refractivity contribution in [3.8, 4) is 17.2 Å². The summed E-state index contributed by atoms with van der Waals surface area (Å²) in [4.78, 5) is 46.5. The molecule has 1 aromatic heterocycles. The predicted molar refractivity (Wildman–Crippen MR) is 142 cm³/mol. The van der Waals surface area contributed by atoms with Crippen LogP contribution in [0.4, 0.5) is 16.2 Å². The molecule has 0 aliphatic carbocycles. The highest BCUT2D eigenvalue weighted by atomic mass is 16.7. The van der Waals surface area contributed by atoms with E-state index in [2.05, 4.69) is 10.3 Å². The average Bonchev–Trinajstić information content (AvgIpc) is 3.62. The lowest BCUT2D eigenvalue weighted by Crippen LogP contribution is -2.49. The van der Waals surface area contributed by atoms with Gasteiger partial charge in [0.25, 0.3) is 11.8 Å². The summed E-state index contributed by atoms with van der Waals surface area (Å²) in [6.45, 7) is 2.34. The second-order valence-electron chi connectivity index (χ2n) is 9.86. The van der Waals surface area contributed by atoms with Crippen LogP contribution in [0.1, 0.15) is 28.5 Å². The van der Waals surface area contributed by atoms with E-state index in [0.717, 1.165) is 27.9 Å². The first-order chi connectivity index (χ1) is 18.9. The van der Waals surface area contributed by atoms with Gasteiger partial charge in [-0.2, -0.15) is 0 Å². The van der Waals surface area contributed by atoms with Crippen molar-refractivity contribution in [3.63, 3.8) is 0 Å². The van der Waals surface area contributed by atoms with Crippen LogP contribution in [0.15, 0.2) is 60.7 Å². The number of urea groups is 1. The Kier molecular flexibility index (Phi) is 4.90. The Morgan fingerprint density at radius 1 is 1.03 bits per heavy atom. The van der Waals surface area contributed by atoms with E-state index < -0.39 is 5.54 Å². The fourth-order valence-electron chi connectivity index (χ4n) is 5.71. The Labute approximate surface area is 223 Å². The van der Waals surface area contributed by atoms with Gasteiger partial charge in [0.2, 0.25) is 6.79 Å². The number of nitrogens with zero attached hydrogens (tertiary/aromatic N) is 2. The summed E-state index contributed by atoms with van der Waals surface area (Å²) in [5, 5.41) is 3.82. The van der Waals surface area contributed by atoms with Gasteiger partial charge in [0, 0.05) is 34.8 Å². The van der Waals surface area contributed by atoms with Crippen LogP contribution in [0.2, 0.25) is 0 Å². The summed E-state index contributed by atoms with van der Waals surface area (Å²) >= 11 is 0.